The van der Waals surface area contributed by atoms with Crippen LogP contribution in [0.1, 0.15) is 38.5 Å². The zero-order valence-electron chi connectivity index (χ0n) is 13.0. The molecule has 1 aromatic heterocycles. The van der Waals surface area contributed by atoms with E-state index in [9.17, 15) is 9.59 Å². The molecule has 1 aliphatic rings. The fourth-order valence-electron chi connectivity index (χ4n) is 2.50. The average Bonchev–Trinajstić information content (AvgIpc) is 2.82. The molecule has 0 aromatic carbocycles. The predicted molar refractivity (Wildman–Crippen MR) is 84.8 cm³/mol. The molecule has 1 aliphatic heterocycles. The Morgan fingerprint density at radius 3 is 2.50 bits per heavy atom. The maximum Gasteiger partial charge on any atom is 0.306 e. The molecule has 2 rings (SSSR count). The van der Waals surface area contributed by atoms with Gasteiger partial charge in [-0.1, -0.05) is 12.8 Å². The Balaban J connectivity index is 1.85. The van der Waals surface area contributed by atoms with Crippen LogP contribution in [-0.2, 0) is 14.3 Å². The van der Waals surface area contributed by atoms with E-state index in [1.807, 2.05) is 6.07 Å². The summed E-state index contributed by atoms with van der Waals surface area (Å²) in [6.07, 6.45) is 6.98. The molecule has 6 nitrogen and oxygen atoms in total. The molecular formula is C16H23N3O3. The average molecular weight is 305 g/mol. The van der Waals surface area contributed by atoms with E-state index < -0.39 is 0 Å². The van der Waals surface area contributed by atoms with Gasteiger partial charge in [0.05, 0.1) is 25.4 Å². The Hall–Kier alpha value is -2.11. The van der Waals surface area contributed by atoms with Crippen LogP contribution < -0.4 is 10.2 Å². The molecule has 2 heterocycles. The van der Waals surface area contributed by atoms with E-state index in [0.717, 1.165) is 18.8 Å². The first-order valence-corrected chi connectivity index (χ1v) is 7.76. The van der Waals surface area contributed by atoms with Gasteiger partial charge in [-0.15, -0.1) is 0 Å². The lowest BCUT2D eigenvalue weighted by Gasteiger charge is -2.22. The van der Waals surface area contributed by atoms with Gasteiger partial charge in [0.25, 0.3) is 0 Å². The summed E-state index contributed by atoms with van der Waals surface area (Å²) in [5.41, 5.74) is 1.09. The van der Waals surface area contributed by atoms with Gasteiger partial charge in [-0.2, -0.15) is 0 Å². The van der Waals surface area contributed by atoms with Crippen molar-refractivity contribution in [2.24, 2.45) is 0 Å². The lowest BCUT2D eigenvalue weighted by atomic mass is 10.2. The van der Waals surface area contributed by atoms with Crippen molar-refractivity contribution in [1.29, 1.82) is 0 Å². The molecule has 1 saturated heterocycles. The van der Waals surface area contributed by atoms with Crippen molar-refractivity contribution < 1.29 is 14.3 Å². The molecule has 0 aliphatic carbocycles. The van der Waals surface area contributed by atoms with Crippen LogP contribution in [0.2, 0.25) is 0 Å². The summed E-state index contributed by atoms with van der Waals surface area (Å²) < 4.78 is 4.50. The van der Waals surface area contributed by atoms with Crippen molar-refractivity contribution in [3.8, 4) is 0 Å². The molecule has 1 N–H and O–H groups in total. The van der Waals surface area contributed by atoms with Crippen molar-refractivity contribution in [2.75, 3.05) is 30.4 Å². The van der Waals surface area contributed by atoms with Crippen LogP contribution in [0.25, 0.3) is 0 Å². The first-order valence-electron chi connectivity index (χ1n) is 7.76. The number of carbonyl (C=O) groups excluding carboxylic acids is 2. The second kappa shape index (κ2) is 8.36. The first-order chi connectivity index (χ1) is 10.7. The van der Waals surface area contributed by atoms with Gasteiger partial charge in [-0.3, -0.25) is 9.59 Å². The highest BCUT2D eigenvalue weighted by molar-refractivity contribution is 5.91. The molecule has 1 amide bonds. The summed E-state index contributed by atoms with van der Waals surface area (Å²) >= 11 is 0. The molecule has 0 saturated carbocycles. The minimum absolute atomic E-state index is 0.0776. The number of hydrogen-bond donors (Lipinski definition) is 1. The lowest BCUT2D eigenvalue weighted by Crippen LogP contribution is -2.24. The number of nitrogens with one attached hydrogen (secondary N) is 1. The molecule has 1 fully saturated rings. The Bertz CT molecular complexity index is 494. The highest BCUT2D eigenvalue weighted by Gasteiger charge is 2.11. The second-order valence-electron chi connectivity index (χ2n) is 5.43. The van der Waals surface area contributed by atoms with Crippen molar-refractivity contribution in [3.63, 3.8) is 0 Å². The molecule has 1 aromatic rings. The molecule has 0 radical (unpaired) electrons. The number of rotatable bonds is 5. The van der Waals surface area contributed by atoms with Crippen molar-refractivity contribution in [2.45, 2.75) is 38.5 Å². The maximum atomic E-state index is 11.7. The third-order valence-electron chi connectivity index (χ3n) is 3.77. The van der Waals surface area contributed by atoms with Crippen molar-refractivity contribution in [3.05, 3.63) is 18.3 Å². The zero-order valence-corrected chi connectivity index (χ0v) is 13.0. The van der Waals surface area contributed by atoms with E-state index >= 15 is 0 Å². The highest BCUT2D eigenvalue weighted by Crippen LogP contribution is 2.19. The fraction of sp³-hybridized carbons (Fsp3) is 0.562. The van der Waals surface area contributed by atoms with E-state index in [1.54, 1.807) is 12.3 Å². The van der Waals surface area contributed by atoms with Gasteiger partial charge in [0, 0.05) is 19.5 Å². The number of esters is 1. The van der Waals surface area contributed by atoms with E-state index in [2.05, 4.69) is 19.9 Å². The normalized spacial score (nSPS) is 15.0. The molecule has 0 unspecified atom stereocenters. The van der Waals surface area contributed by atoms with Crippen LogP contribution in [0.15, 0.2) is 18.3 Å². The summed E-state index contributed by atoms with van der Waals surface area (Å²) in [4.78, 5) is 29.3. The second-order valence-corrected chi connectivity index (χ2v) is 5.43. The Morgan fingerprint density at radius 1 is 1.18 bits per heavy atom. The van der Waals surface area contributed by atoms with E-state index in [1.165, 1.54) is 32.8 Å². The SMILES string of the molecule is COC(=O)CCC(=O)Nc1ccc(N2CCCCCC2)cn1. The van der Waals surface area contributed by atoms with Gasteiger partial charge in [0.1, 0.15) is 5.82 Å². The monoisotopic (exact) mass is 305 g/mol. The summed E-state index contributed by atoms with van der Waals surface area (Å²) in [7, 11) is 1.31. The van der Waals surface area contributed by atoms with Crippen LogP contribution in [0, 0.1) is 0 Å². The van der Waals surface area contributed by atoms with Gasteiger partial charge in [0.2, 0.25) is 5.91 Å². The van der Waals surface area contributed by atoms with Gasteiger partial charge in [-0.25, -0.2) is 4.98 Å². The number of anilines is 2. The largest absolute Gasteiger partial charge is 0.469 e. The van der Waals surface area contributed by atoms with Gasteiger partial charge in [-0.05, 0) is 25.0 Å². The Kier molecular flexibility index (Phi) is 6.18. The molecular weight excluding hydrogens is 282 g/mol. The summed E-state index contributed by atoms with van der Waals surface area (Å²) in [5, 5.41) is 2.69. The molecule has 22 heavy (non-hydrogen) atoms. The fourth-order valence-corrected chi connectivity index (χ4v) is 2.50. The Morgan fingerprint density at radius 2 is 1.91 bits per heavy atom. The predicted octanol–water partition coefficient (Wildman–Crippen LogP) is 2.35. The molecule has 120 valence electrons. The number of methoxy groups -OCH3 is 1. The number of pyridine rings is 1. The minimum atomic E-state index is -0.389. The molecule has 0 bridgehead atoms. The van der Waals surface area contributed by atoms with Gasteiger partial charge in [0.15, 0.2) is 0 Å². The van der Waals surface area contributed by atoms with Gasteiger partial charge >= 0.3 is 5.97 Å². The topological polar surface area (TPSA) is 71.5 Å². The minimum Gasteiger partial charge on any atom is -0.469 e. The maximum absolute atomic E-state index is 11.7. The number of nitrogens with zero attached hydrogens (tertiary/aromatic N) is 2. The molecule has 6 heteroatoms. The van der Waals surface area contributed by atoms with E-state index in [-0.39, 0.29) is 24.7 Å². The summed E-state index contributed by atoms with van der Waals surface area (Å²) in [5.74, 6) is -0.117. The van der Waals surface area contributed by atoms with Crippen LogP contribution in [0.3, 0.4) is 0 Å². The number of ether oxygens (including phenoxy) is 1. The van der Waals surface area contributed by atoms with Crippen LogP contribution in [-0.4, -0.2) is 37.1 Å². The third kappa shape index (κ3) is 5.02. The quantitative estimate of drug-likeness (QED) is 0.846. The highest BCUT2D eigenvalue weighted by atomic mass is 16.5. The number of amides is 1. The summed E-state index contributed by atoms with van der Waals surface area (Å²) in [6, 6.07) is 3.78. The third-order valence-corrected chi connectivity index (χ3v) is 3.77. The Labute approximate surface area is 130 Å². The van der Waals surface area contributed by atoms with Crippen molar-refractivity contribution >= 4 is 23.4 Å². The van der Waals surface area contributed by atoms with Gasteiger partial charge < -0.3 is 15.0 Å². The van der Waals surface area contributed by atoms with Crippen LogP contribution in [0.5, 0.6) is 0 Å². The first kappa shape index (κ1) is 16.3. The standard InChI is InChI=1S/C16H23N3O3/c1-22-16(21)9-8-15(20)18-14-7-6-13(12-17-14)19-10-4-2-3-5-11-19/h6-7,12H,2-5,8-11H2,1H3,(H,17,18,20). The van der Waals surface area contributed by atoms with Crippen LogP contribution >= 0.6 is 0 Å². The van der Waals surface area contributed by atoms with Crippen LogP contribution in [0.4, 0.5) is 11.5 Å². The summed E-state index contributed by atoms with van der Waals surface area (Å²) in [6.45, 7) is 2.12. The smallest absolute Gasteiger partial charge is 0.306 e. The number of carbonyl (C=O) groups is 2. The number of aromatic nitrogens is 1. The van der Waals surface area contributed by atoms with E-state index in [4.69, 9.17) is 0 Å². The number of hydrogen-bond acceptors (Lipinski definition) is 5. The van der Waals surface area contributed by atoms with Crippen molar-refractivity contribution in [1.82, 2.24) is 4.98 Å². The molecule has 0 atom stereocenters. The van der Waals surface area contributed by atoms with E-state index in [0.29, 0.717) is 5.82 Å². The zero-order chi connectivity index (χ0) is 15.8. The molecule has 0 spiro atoms. The lowest BCUT2D eigenvalue weighted by molar-refractivity contribution is -0.141.